The molecule has 0 aliphatic carbocycles. The van der Waals surface area contributed by atoms with Crippen LogP contribution in [0.25, 0.3) is 0 Å². The summed E-state index contributed by atoms with van der Waals surface area (Å²) in [5.41, 5.74) is 0.683. The van der Waals surface area contributed by atoms with Gasteiger partial charge in [-0.3, -0.25) is 9.59 Å². The Hall–Kier alpha value is -1.85. The Morgan fingerprint density at radius 1 is 1.44 bits per heavy atom. The quantitative estimate of drug-likeness (QED) is 0.734. The van der Waals surface area contributed by atoms with E-state index >= 15 is 0 Å². The Morgan fingerprint density at radius 3 is 2.61 bits per heavy atom. The summed E-state index contributed by atoms with van der Waals surface area (Å²) in [6.07, 6.45) is 1.26. The van der Waals surface area contributed by atoms with E-state index in [2.05, 4.69) is 5.16 Å². The highest BCUT2D eigenvalue weighted by atomic mass is 16.5. The third-order valence-corrected chi connectivity index (χ3v) is 3.16. The first-order valence-corrected chi connectivity index (χ1v) is 5.92. The summed E-state index contributed by atoms with van der Waals surface area (Å²) in [5, 5.41) is 3.69. The fraction of sp³-hybridized carbons (Fsp3) is 0.583. The molecule has 6 nitrogen and oxygen atoms in total. The van der Waals surface area contributed by atoms with Gasteiger partial charge in [-0.1, -0.05) is 5.16 Å². The van der Waals surface area contributed by atoms with Gasteiger partial charge in [-0.2, -0.15) is 0 Å². The zero-order valence-corrected chi connectivity index (χ0v) is 10.5. The van der Waals surface area contributed by atoms with Gasteiger partial charge >= 0.3 is 5.97 Å². The number of carbonyl (C=O) groups excluding carboxylic acids is 2. The molecule has 1 aliphatic rings. The molecule has 2 heterocycles. The van der Waals surface area contributed by atoms with Gasteiger partial charge in [0.05, 0.1) is 18.7 Å². The average molecular weight is 252 g/mol. The maximum Gasteiger partial charge on any atom is 0.308 e. The number of esters is 1. The number of rotatable bonds is 2. The number of hydrogen-bond donors (Lipinski definition) is 0. The average Bonchev–Trinajstić information content (AvgIpc) is 2.84. The fourth-order valence-electron chi connectivity index (χ4n) is 2.11. The van der Waals surface area contributed by atoms with Gasteiger partial charge in [0, 0.05) is 19.2 Å². The standard InChI is InChI=1S/C12H16N2O4/c1-8-7-10(18-13-8)11(15)14-5-3-9(4-6-14)12(16)17-2/h7,9H,3-6H2,1-2H3. The van der Waals surface area contributed by atoms with Crippen molar-refractivity contribution in [3.05, 3.63) is 17.5 Å². The predicted molar refractivity (Wildman–Crippen MR) is 61.9 cm³/mol. The molecule has 1 aliphatic heterocycles. The molecule has 0 atom stereocenters. The van der Waals surface area contributed by atoms with E-state index < -0.39 is 0 Å². The molecule has 2 rings (SSSR count). The van der Waals surface area contributed by atoms with Gasteiger partial charge in [0.25, 0.3) is 5.91 Å². The molecule has 1 aromatic rings. The molecule has 0 unspecified atom stereocenters. The smallest absolute Gasteiger partial charge is 0.308 e. The van der Waals surface area contributed by atoms with Gasteiger partial charge in [-0.25, -0.2) is 0 Å². The lowest BCUT2D eigenvalue weighted by Gasteiger charge is -2.29. The molecule has 0 spiro atoms. The van der Waals surface area contributed by atoms with Gasteiger partial charge in [0.1, 0.15) is 0 Å². The van der Waals surface area contributed by atoms with Crippen LogP contribution in [0.5, 0.6) is 0 Å². The summed E-state index contributed by atoms with van der Waals surface area (Å²) in [6, 6.07) is 1.62. The van der Waals surface area contributed by atoms with Crippen molar-refractivity contribution >= 4 is 11.9 Å². The molecule has 1 fully saturated rings. The van der Waals surface area contributed by atoms with Crippen LogP contribution in [-0.2, 0) is 9.53 Å². The summed E-state index contributed by atoms with van der Waals surface area (Å²) >= 11 is 0. The first-order chi connectivity index (χ1) is 8.61. The number of carbonyl (C=O) groups is 2. The Labute approximate surface area is 105 Å². The minimum Gasteiger partial charge on any atom is -0.469 e. The number of hydrogen-bond acceptors (Lipinski definition) is 5. The molecule has 1 saturated heterocycles. The molecule has 6 heteroatoms. The number of piperidine rings is 1. The van der Waals surface area contributed by atoms with Gasteiger partial charge in [0.2, 0.25) is 5.76 Å². The number of aromatic nitrogens is 1. The normalized spacial score (nSPS) is 16.7. The second kappa shape index (κ2) is 5.20. The van der Waals surface area contributed by atoms with Crippen molar-refractivity contribution < 1.29 is 18.8 Å². The SMILES string of the molecule is COC(=O)C1CCN(C(=O)c2cc(C)no2)CC1. The molecule has 0 saturated carbocycles. The molecule has 0 aromatic carbocycles. The van der Waals surface area contributed by atoms with Crippen molar-refractivity contribution in [3.8, 4) is 0 Å². The molecular formula is C12H16N2O4. The monoisotopic (exact) mass is 252 g/mol. The van der Waals surface area contributed by atoms with E-state index in [-0.39, 0.29) is 23.6 Å². The molecular weight excluding hydrogens is 236 g/mol. The lowest BCUT2D eigenvalue weighted by atomic mass is 9.97. The number of amides is 1. The van der Waals surface area contributed by atoms with Crippen molar-refractivity contribution in [1.82, 2.24) is 10.1 Å². The lowest BCUT2D eigenvalue weighted by Crippen LogP contribution is -2.40. The first-order valence-electron chi connectivity index (χ1n) is 5.92. The number of aryl methyl sites for hydroxylation is 1. The van der Waals surface area contributed by atoms with Crippen LogP contribution < -0.4 is 0 Å². The largest absolute Gasteiger partial charge is 0.469 e. The second-order valence-electron chi connectivity index (χ2n) is 4.42. The van der Waals surface area contributed by atoms with E-state index in [1.54, 1.807) is 17.9 Å². The van der Waals surface area contributed by atoms with Crippen molar-refractivity contribution in [1.29, 1.82) is 0 Å². The summed E-state index contributed by atoms with van der Waals surface area (Å²) in [7, 11) is 1.39. The lowest BCUT2D eigenvalue weighted by molar-refractivity contribution is -0.146. The van der Waals surface area contributed by atoms with Crippen LogP contribution in [0.4, 0.5) is 0 Å². The van der Waals surface area contributed by atoms with Gasteiger partial charge in [0.15, 0.2) is 0 Å². The summed E-state index contributed by atoms with van der Waals surface area (Å²) in [6.45, 7) is 2.85. The minimum absolute atomic E-state index is 0.101. The summed E-state index contributed by atoms with van der Waals surface area (Å²) in [5.74, 6) is -0.212. The molecule has 0 bridgehead atoms. The number of nitrogens with zero attached hydrogens (tertiary/aromatic N) is 2. The highest BCUT2D eigenvalue weighted by molar-refractivity contribution is 5.91. The Kier molecular flexibility index (Phi) is 3.64. The molecule has 98 valence electrons. The highest BCUT2D eigenvalue weighted by Crippen LogP contribution is 2.20. The molecule has 1 aromatic heterocycles. The van der Waals surface area contributed by atoms with Crippen LogP contribution in [0, 0.1) is 12.8 Å². The minimum atomic E-state index is -0.197. The first kappa shape index (κ1) is 12.6. The van der Waals surface area contributed by atoms with Crippen LogP contribution in [-0.4, -0.2) is 42.1 Å². The molecule has 1 amide bonds. The van der Waals surface area contributed by atoms with Crippen LogP contribution in [0.15, 0.2) is 10.6 Å². The fourth-order valence-corrected chi connectivity index (χ4v) is 2.11. The number of ether oxygens (including phenoxy) is 1. The number of methoxy groups -OCH3 is 1. The third kappa shape index (κ3) is 2.52. The van der Waals surface area contributed by atoms with Gasteiger partial charge in [-0.15, -0.1) is 0 Å². The van der Waals surface area contributed by atoms with Crippen molar-refractivity contribution in [2.75, 3.05) is 20.2 Å². The van der Waals surface area contributed by atoms with E-state index in [1.807, 2.05) is 0 Å². The zero-order chi connectivity index (χ0) is 13.1. The van der Waals surface area contributed by atoms with Crippen molar-refractivity contribution in [3.63, 3.8) is 0 Å². The zero-order valence-electron chi connectivity index (χ0n) is 10.5. The maximum absolute atomic E-state index is 12.0. The Balaban J connectivity index is 1.94. The van der Waals surface area contributed by atoms with Gasteiger partial charge in [-0.05, 0) is 19.8 Å². The van der Waals surface area contributed by atoms with E-state index in [0.717, 1.165) is 0 Å². The third-order valence-electron chi connectivity index (χ3n) is 3.16. The van der Waals surface area contributed by atoms with E-state index in [4.69, 9.17) is 9.26 Å². The second-order valence-corrected chi connectivity index (χ2v) is 4.42. The van der Waals surface area contributed by atoms with Crippen LogP contribution >= 0.6 is 0 Å². The number of likely N-dealkylation sites (tertiary alicyclic amines) is 1. The summed E-state index contributed by atoms with van der Waals surface area (Å²) in [4.78, 5) is 25.1. The van der Waals surface area contributed by atoms with E-state index in [0.29, 0.717) is 31.6 Å². The van der Waals surface area contributed by atoms with Crippen LogP contribution in [0.1, 0.15) is 29.1 Å². The Morgan fingerprint density at radius 2 is 2.11 bits per heavy atom. The summed E-state index contributed by atoms with van der Waals surface area (Å²) < 4.78 is 9.64. The van der Waals surface area contributed by atoms with Gasteiger partial charge < -0.3 is 14.2 Å². The maximum atomic E-state index is 12.0. The topological polar surface area (TPSA) is 72.6 Å². The predicted octanol–water partition coefficient (Wildman–Crippen LogP) is 1.01. The molecule has 0 N–H and O–H groups in total. The van der Waals surface area contributed by atoms with Crippen LogP contribution in [0.2, 0.25) is 0 Å². The van der Waals surface area contributed by atoms with E-state index in [9.17, 15) is 9.59 Å². The molecule has 0 radical (unpaired) electrons. The van der Waals surface area contributed by atoms with Crippen LogP contribution in [0.3, 0.4) is 0 Å². The highest BCUT2D eigenvalue weighted by Gasteiger charge is 2.29. The van der Waals surface area contributed by atoms with Crippen molar-refractivity contribution in [2.45, 2.75) is 19.8 Å². The Bertz CT molecular complexity index is 447. The van der Waals surface area contributed by atoms with Crippen molar-refractivity contribution in [2.24, 2.45) is 5.92 Å². The molecule has 18 heavy (non-hydrogen) atoms. The van der Waals surface area contributed by atoms with E-state index in [1.165, 1.54) is 7.11 Å².